The molecule has 1 aliphatic rings. The van der Waals surface area contributed by atoms with E-state index in [1.165, 1.54) is 39.4 Å². The number of allylic oxidation sites excluding steroid dienone is 2. The van der Waals surface area contributed by atoms with Crippen LogP contribution in [0.25, 0.3) is 0 Å². The highest BCUT2D eigenvalue weighted by atomic mass is 14.1. The molecule has 0 fully saturated rings. The van der Waals surface area contributed by atoms with Crippen molar-refractivity contribution >= 4 is 7.28 Å². The van der Waals surface area contributed by atoms with Crippen LogP contribution >= 0.6 is 0 Å². The molecule has 68 valence electrons. The van der Waals surface area contributed by atoms with Gasteiger partial charge in [0.1, 0.15) is 7.28 Å². The van der Waals surface area contributed by atoms with Gasteiger partial charge in [0.25, 0.3) is 0 Å². The van der Waals surface area contributed by atoms with E-state index in [1.807, 2.05) is 0 Å². The minimum atomic E-state index is 0.887. The Balaban J connectivity index is 2.27. The predicted octanol–water partition coefficient (Wildman–Crippen LogP) is 3.56. The van der Waals surface area contributed by atoms with Gasteiger partial charge in [0.2, 0.25) is 0 Å². The highest BCUT2D eigenvalue weighted by Crippen LogP contribution is 2.26. The molecule has 0 heterocycles. The molecule has 0 bridgehead atoms. The molecule has 1 aliphatic carbocycles. The fourth-order valence-corrected chi connectivity index (χ4v) is 2.14. The first-order valence-electron chi connectivity index (χ1n) is 5.44. The van der Waals surface area contributed by atoms with Crippen LogP contribution in [0.5, 0.6) is 0 Å². The molecule has 0 saturated carbocycles. The molecular weight excluding hydrogens is 143 g/mol. The van der Waals surface area contributed by atoms with E-state index >= 15 is 0 Å². The summed E-state index contributed by atoms with van der Waals surface area (Å²) < 4.78 is 0. The van der Waals surface area contributed by atoms with E-state index in [0.29, 0.717) is 0 Å². The van der Waals surface area contributed by atoms with Crippen LogP contribution in [-0.2, 0) is 0 Å². The summed E-state index contributed by atoms with van der Waals surface area (Å²) in [6.07, 6.45) is 11.6. The highest BCUT2D eigenvalue weighted by molar-refractivity contribution is 6.39. The average Bonchev–Trinajstić information content (AvgIpc) is 1.93. The lowest BCUT2D eigenvalue weighted by molar-refractivity contribution is 0.626. The van der Waals surface area contributed by atoms with Crippen molar-refractivity contribution < 1.29 is 0 Å². The Kier molecular flexibility index (Phi) is 4.49. The van der Waals surface area contributed by atoms with E-state index in [4.69, 9.17) is 0 Å². The Bertz CT molecular complexity index is 138. The molecule has 0 aliphatic heterocycles. The van der Waals surface area contributed by atoms with Crippen LogP contribution in [0.15, 0.2) is 12.2 Å². The van der Waals surface area contributed by atoms with Crippen LogP contribution in [0, 0.1) is 0 Å². The minimum Gasteiger partial charge on any atom is -0.0886 e. The molecule has 0 N–H and O–H groups in total. The van der Waals surface area contributed by atoms with Crippen molar-refractivity contribution in [3.05, 3.63) is 12.2 Å². The van der Waals surface area contributed by atoms with Crippen LogP contribution in [0.1, 0.15) is 46.0 Å². The quantitative estimate of drug-likeness (QED) is 0.432. The van der Waals surface area contributed by atoms with Gasteiger partial charge in [0.05, 0.1) is 0 Å². The van der Waals surface area contributed by atoms with Crippen molar-refractivity contribution in [3.8, 4) is 0 Å². The summed E-state index contributed by atoms with van der Waals surface area (Å²) in [4.78, 5) is 0. The molecule has 1 heteroatoms. The minimum absolute atomic E-state index is 0.887. The maximum Gasteiger partial charge on any atom is 0.126 e. The monoisotopic (exact) mass is 164 g/mol. The van der Waals surface area contributed by atoms with Crippen LogP contribution < -0.4 is 0 Å². The average molecular weight is 164 g/mol. The summed E-state index contributed by atoms with van der Waals surface area (Å²) in [5.41, 5.74) is 0. The van der Waals surface area contributed by atoms with Crippen LogP contribution in [0.4, 0.5) is 0 Å². The van der Waals surface area contributed by atoms with Crippen LogP contribution in [0.3, 0.4) is 0 Å². The second-order valence-electron chi connectivity index (χ2n) is 4.48. The number of rotatable bonds is 2. The van der Waals surface area contributed by atoms with Gasteiger partial charge >= 0.3 is 0 Å². The first-order valence-corrected chi connectivity index (χ1v) is 5.44. The van der Waals surface area contributed by atoms with Crippen molar-refractivity contribution in [2.24, 2.45) is 0 Å². The third-order valence-electron chi connectivity index (χ3n) is 2.70. The Morgan fingerprint density at radius 1 is 1.17 bits per heavy atom. The molecule has 0 aromatic heterocycles. The standard InChI is InChI=1S/C11H21B/c1-10(2)12-11-8-6-4-3-5-7-9-11/h3-4,10-12H,5-9H2,1-2H3/b4-3-. The van der Waals surface area contributed by atoms with E-state index < -0.39 is 0 Å². The Morgan fingerprint density at radius 3 is 2.67 bits per heavy atom. The maximum absolute atomic E-state index is 2.37. The van der Waals surface area contributed by atoms with E-state index in [2.05, 4.69) is 26.0 Å². The molecule has 1 unspecified atom stereocenters. The van der Waals surface area contributed by atoms with Gasteiger partial charge in [0, 0.05) is 0 Å². The molecule has 0 spiro atoms. The second kappa shape index (κ2) is 5.45. The van der Waals surface area contributed by atoms with Crippen molar-refractivity contribution in [2.75, 3.05) is 0 Å². The third-order valence-corrected chi connectivity index (χ3v) is 2.70. The second-order valence-corrected chi connectivity index (χ2v) is 4.48. The van der Waals surface area contributed by atoms with Crippen molar-refractivity contribution in [1.29, 1.82) is 0 Å². The van der Waals surface area contributed by atoms with Gasteiger partial charge in [-0.3, -0.25) is 0 Å². The molecule has 1 atom stereocenters. The fourth-order valence-electron chi connectivity index (χ4n) is 2.14. The SMILES string of the molecule is CC(C)BC1CC/C=C\CCC1. The summed E-state index contributed by atoms with van der Waals surface area (Å²) in [5, 5.41) is 0. The summed E-state index contributed by atoms with van der Waals surface area (Å²) in [7, 11) is 1.44. The largest absolute Gasteiger partial charge is 0.126 e. The molecule has 0 saturated heterocycles. The Morgan fingerprint density at radius 2 is 1.92 bits per heavy atom. The number of hydrogen-bond donors (Lipinski definition) is 0. The summed E-state index contributed by atoms with van der Waals surface area (Å²) >= 11 is 0. The smallest absolute Gasteiger partial charge is 0.0886 e. The molecule has 0 aromatic rings. The third kappa shape index (κ3) is 3.99. The van der Waals surface area contributed by atoms with Gasteiger partial charge in [-0.2, -0.15) is 0 Å². The van der Waals surface area contributed by atoms with E-state index in [-0.39, 0.29) is 0 Å². The van der Waals surface area contributed by atoms with Crippen molar-refractivity contribution in [1.82, 2.24) is 0 Å². The predicted molar refractivity (Wildman–Crippen MR) is 58.2 cm³/mol. The van der Waals surface area contributed by atoms with Crippen LogP contribution in [-0.4, -0.2) is 7.28 Å². The summed E-state index contributed by atoms with van der Waals surface area (Å²) in [6.45, 7) is 4.68. The topological polar surface area (TPSA) is 0 Å². The Labute approximate surface area is 77.7 Å². The lowest BCUT2D eigenvalue weighted by Gasteiger charge is -2.17. The van der Waals surface area contributed by atoms with Crippen molar-refractivity contribution in [2.45, 2.75) is 57.6 Å². The maximum atomic E-state index is 2.37. The van der Waals surface area contributed by atoms with Crippen LogP contribution in [0.2, 0.25) is 11.6 Å². The Hall–Kier alpha value is -0.195. The zero-order chi connectivity index (χ0) is 8.81. The molecular formula is C11H21B. The van der Waals surface area contributed by atoms with E-state index in [0.717, 1.165) is 11.6 Å². The van der Waals surface area contributed by atoms with Gasteiger partial charge in [-0.1, -0.05) is 56.9 Å². The van der Waals surface area contributed by atoms with E-state index in [1.54, 1.807) is 0 Å². The van der Waals surface area contributed by atoms with E-state index in [9.17, 15) is 0 Å². The highest BCUT2D eigenvalue weighted by Gasteiger charge is 2.12. The molecule has 0 aromatic carbocycles. The molecule has 0 radical (unpaired) electrons. The summed E-state index contributed by atoms with van der Waals surface area (Å²) in [5.74, 6) is 1.90. The van der Waals surface area contributed by atoms with Gasteiger partial charge in [-0.15, -0.1) is 0 Å². The zero-order valence-corrected chi connectivity index (χ0v) is 8.55. The van der Waals surface area contributed by atoms with Gasteiger partial charge < -0.3 is 0 Å². The number of hydrogen-bond acceptors (Lipinski definition) is 0. The normalized spacial score (nSPS) is 27.8. The fraction of sp³-hybridized carbons (Fsp3) is 0.818. The summed E-state index contributed by atoms with van der Waals surface area (Å²) in [6, 6.07) is 0. The molecule has 12 heavy (non-hydrogen) atoms. The molecule has 0 amide bonds. The first kappa shape index (κ1) is 9.89. The first-order chi connectivity index (χ1) is 5.79. The van der Waals surface area contributed by atoms with Crippen molar-refractivity contribution in [3.63, 3.8) is 0 Å². The van der Waals surface area contributed by atoms with Gasteiger partial charge in [-0.05, 0) is 12.8 Å². The lowest BCUT2D eigenvalue weighted by atomic mass is 9.53. The van der Waals surface area contributed by atoms with Gasteiger partial charge in [0.15, 0.2) is 0 Å². The zero-order valence-electron chi connectivity index (χ0n) is 8.55. The molecule has 0 nitrogen and oxygen atoms in total. The molecule has 1 rings (SSSR count). The lowest BCUT2D eigenvalue weighted by Crippen LogP contribution is -2.07. The van der Waals surface area contributed by atoms with Gasteiger partial charge in [-0.25, -0.2) is 0 Å².